The minimum atomic E-state index is -3.55. The minimum Gasteiger partial charge on any atom is -0.281 e. The summed E-state index contributed by atoms with van der Waals surface area (Å²) < 4.78 is 28.0. The van der Waals surface area contributed by atoms with Gasteiger partial charge in [-0.05, 0) is 19.9 Å². The molecule has 0 unspecified atom stereocenters. The largest absolute Gasteiger partial charge is 0.281 e. The van der Waals surface area contributed by atoms with Crippen LogP contribution in [0.4, 0.5) is 0 Å². The van der Waals surface area contributed by atoms with Crippen molar-refractivity contribution in [3.05, 3.63) is 29.3 Å². The van der Waals surface area contributed by atoms with E-state index in [0.717, 1.165) is 5.69 Å². The molecule has 0 radical (unpaired) electrons. The maximum atomic E-state index is 12.5. The Bertz CT molecular complexity index is 666. The number of hydrogen-bond acceptors (Lipinski definition) is 4. The van der Waals surface area contributed by atoms with Gasteiger partial charge in [0.25, 0.3) is 0 Å². The van der Waals surface area contributed by atoms with Crippen LogP contribution in [0.2, 0.25) is 0 Å². The molecule has 2 aromatic rings. The first-order chi connectivity index (χ1) is 8.84. The maximum absolute atomic E-state index is 12.5. The van der Waals surface area contributed by atoms with Gasteiger partial charge in [-0.15, -0.1) is 0 Å². The van der Waals surface area contributed by atoms with E-state index in [0.29, 0.717) is 11.4 Å². The van der Waals surface area contributed by atoms with Crippen molar-refractivity contribution in [3.63, 3.8) is 0 Å². The zero-order valence-electron chi connectivity index (χ0n) is 11.4. The molecule has 0 saturated heterocycles. The Balaban J connectivity index is 2.33. The van der Waals surface area contributed by atoms with Gasteiger partial charge in [0.15, 0.2) is 0 Å². The fourth-order valence-electron chi connectivity index (χ4n) is 1.95. The van der Waals surface area contributed by atoms with E-state index in [2.05, 4.69) is 15.3 Å². The highest BCUT2D eigenvalue weighted by Crippen LogP contribution is 2.21. The number of aromatic nitrogens is 4. The van der Waals surface area contributed by atoms with Crippen LogP contribution in [-0.4, -0.2) is 39.7 Å². The molecule has 0 bridgehead atoms. The van der Waals surface area contributed by atoms with Crippen molar-refractivity contribution in [1.82, 2.24) is 24.3 Å². The van der Waals surface area contributed by atoms with Crippen molar-refractivity contribution in [3.8, 4) is 0 Å². The van der Waals surface area contributed by atoms with Crippen LogP contribution in [0, 0.1) is 13.8 Å². The number of nitrogens with zero attached hydrogens (tertiary/aromatic N) is 4. The quantitative estimate of drug-likeness (QED) is 0.889. The van der Waals surface area contributed by atoms with Crippen LogP contribution in [0.25, 0.3) is 0 Å². The van der Waals surface area contributed by atoms with Crippen LogP contribution in [0.5, 0.6) is 0 Å². The molecule has 0 spiro atoms. The van der Waals surface area contributed by atoms with Gasteiger partial charge in [-0.25, -0.2) is 8.42 Å². The first-order valence-corrected chi connectivity index (χ1v) is 7.23. The van der Waals surface area contributed by atoms with Gasteiger partial charge in [-0.3, -0.25) is 9.78 Å². The van der Waals surface area contributed by atoms with Crippen LogP contribution in [0.15, 0.2) is 17.2 Å². The number of nitrogens with one attached hydrogen (secondary N) is 1. The summed E-state index contributed by atoms with van der Waals surface area (Å²) in [6.45, 7) is 3.64. The third-order valence-electron chi connectivity index (χ3n) is 3.04. The fourth-order valence-corrected chi connectivity index (χ4v) is 3.41. The lowest BCUT2D eigenvalue weighted by molar-refractivity contribution is 0.452. The lowest BCUT2D eigenvalue weighted by atomic mass is 10.4. The molecule has 0 aromatic carbocycles. The molecule has 0 fully saturated rings. The highest BCUT2D eigenvalue weighted by molar-refractivity contribution is 7.89. The topological polar surface area (TPSA) is 83.9 Å². The molecule has 19 heavy (non-hydrogen) atoms. The van der Waals surface area contributed by atoms with Crippen LogP contribution in [0.3, 0.4) is 0 Å². The molecular weight excluding hydrogens is 266 g/mol. The Morgan fingerprint density at radius 1 is 1.42 bits per heavy atom. The van der Waals surface area contributed by atoms with E-state index < -0.39 is 10.0 Å². The van der Waals surface area contributed by atoms with Crippen LogP contribution >= 0.6 is 0 Å². The molecule has 104 valence electrons. The molecule has 2 heterocycles. The molecule has 7 nitrogen and oxygen atoms in total. The normalized spacial score (nSPS) is 12.3. The molecule has 0 amide bonds. The first-order valence-electron chi connectivity index (χ1n) is 5.79. The second-order valence-electron chi connectivity index (χ2n) is 4.47. The Kier molecular flexibility index (Phi) is 3.46. The molecule has 0 atom stereocenters. The van der Waals surface area contributed by atoms with Crippen molar-refractivity contribution in [1.29, 1.82) is 0 Å². The lowest BCUT2D eigenvalue weighted by Gasteiger charge is -2.17. The fraction of sp³-hybridized carbons (Fsp3) is 0.455. The van der Waals surface area contributed by atoms with Crippen LogP contribution in [0.1, 0.15) is 17.1 Å². The minimum absolute atomic E-state index is 0.247. The smallest absolute Gasteiger partial charge is 0.246 e. The lowest BCUT2D eigenvalue weighted by Crippen LogP contribution is -2.28. The molecular formula is C11H17N5O2S. The van der Waals surface area contributed by atoms with Gasteiger partial charge >= 0.3 is 0 Å². The number of sulfonamides is 1. The molecule has 8 heteroatoms. The van der Waals surface area contributed by atoms with E-state index in [1.807, 2.05) is 0 Å². The van der Waals surface area contributed by atoms with E-state index in [1.165, 1.54) is 4.31 Å². The van der Waals surface area contributed by atoms with Gasteiger partial charge in [-0.2, -0.15) is 14.5 Å². The average molecular weight is 283 g/mol. The highest BCUT2D eigenvalue weighted by Gasteiger charge is 2.27. The van der Waals surface area contributed by atoms with Gasteiger partial charge < -0.3 is 0 Å². The third-order valence-corrected chi connectivity index (χ3v) is 5.10. The van der Waals surface area contributed by atoms with Crippen molar-refractivity contribution < 1.29 is 8.42 Å². The zero-order chi connectivity index (χ0) is 14.2. The molecule has 2 rings (SSSR count). The molecule has 0 aliphatic carbocycles. The summed E-state index contributed by atoms with van der Waals surface area (Å²) in [6.07, 6.45) is 1.64. The van der Waals surface area contributed by atoms with Crippen molar-refractivity contribution in [2.45, 2.75) is 25.3 Å². The number of aryl methyl sites for hydroxylation is 3. The summed E-state index contributed by atoms with van der Waals surface area (Å²) in [7, 11) is -0.220. The van der Waals surface area contributed by atoms with E-state index in [4.69, 9.17) is 0 Å². The Morgan fingerprint density at radius 2 is 2.11 bits per heavy atom. The van der Waals surface area contributed by atoms with Crippen molar-refractivity contribution in [2.75, 3.05) is 7.05 Å². The van der Waals surface area contributed by atoms with Gasteiger partial charge in [-0.1, -0.05) is 0 Å². The first kappa shape index (κ1) is 13.8. The second-order valence-corrected chi connectivity index (χ2v) is 6.45. The Hall–Kier alpha value is -1.67. The summed E-state index contributed by atoms with van der Waals surface area (Å²) >= 11 is 0. The Morgan fingerprint density at radius 3 is 2.58 bits per heavy atom. The van der Waals surface area contributed by atoms with Crippen LogP contribution in [-0.2, 0) is 23.6 Å². The molecule has 0 saturated carbocycles. The standard InChI is InChI=1S/C11H17N5O2S/c1-8-11(9(2)14-13-8)19(17,18)15(3)7-10-5-6-12-16(10)4/h5-6H,7H2,1-4H3,(H,13,14). The van der Waals surface area contributed by atoms with Gasteiger partial charge in [0.1, 0.15) is 4.90 Å². The summed E-state index contributed by atoms with van der Waals surface area (Å²) in [5.41, 5.74) is 1.86. The summed E-state index contributed by atoms with van der Waals surface area (Å²) in [4.78, 5) is 0.247. The average Bonchev–Trinajstić information content (AvgIpc) is 2.86. The van der Waals surface area contributed by atoms with E-state index in [-0.39, 0.29) is 11.4 Å². The Labute approximate surface area is 112 Å². The van der Waals surface area contributed by atoms with Crippen molar-refractivity contribution >= 4 is 10.0 Å². The molecule has 1 N–H and O–H groups in total. The zero-order valence-corrected chi connectivity index (χ0v) is 12.2. The van der Waals surface area contributed by atoms with Crippen LogP contribution < -0.4 is 0 Å². The van der Waals surface area contributed by atoms with Gasteiger partial charge in [0, 0.05) is 20.3 Å². The number of H-pyrrole nitrogens is 1. The van der Waals surface area contributed by atoms with E-state index in [9.17, 15) is 8.42 Å². The number of rotatable bonds is 4. The van der Waals surface area contributed by atoms with Gasteiger partial charge in [0.05, 0.1) is 23.6 Å². The maximum Gasteiger partial charge on any atom is 0.246 e. The summed E-state index contributed by atoms with van der Waals surface area (Å²) in [5, 5.41) is 10.7. The predicted molar refractivity (Wildman–Crippen MR) is 69.9 cm³/mol. The number of hydrogen-bond donors (Lipinski definition) is 1. The summed E-state index contributed by atoms with van der Waals surface area (Å²) in [6, 6.07) is 1.79. The van der Waals surface area contributed by atoms with Gasteiger partial charge in [0.2, 0.25) is 10.0 Å². The second kappa shape index (κ2) is 4.78. The predicted octanol–water partition coefficient (Wildman–Crippen LogP) is 0.581. The number of aromatic amines is 1. The summed E-state index contributed by atoms with van der Waals surface area (Å²) in [5.74, 6) is 0. The van der Waals surface area contributed by atoms with E-state index >= 15 is 0 Å². The molecule has 0 aliphatic rings. The molecule has 2 aromatic heterocycles. The van der Waals surface area contributed by atoms with Crippen molar-refractivity contribution in [2.24, 2.45) is 7.05 Å². The van der Waals surface area contributed by atoms with E-state index in [1.54, 1.807) is 44.9 Å². The third kappa shape index (κ3) is 2.41. The molecule has 0 aliphatic heterocycles. The highest BCUT2D eigenvalue weighted by atomic mass is 32.2. The SMILES string of the molecule is Cc1n[nH]c(C)c1S(=O)(=O)N(C)Cc1ccnn1C. The monoisotopic (exact) mass is 283 g/mol.